The van der Waals surface area contributed by atoms with Crippen molar-refractivity contribution in [3.8, 4) is 0 Å². The van der Waals surface area contributed by atoms with Crippen molar-refractivity contribution in [2.24, 2.45) is 5.41 Å². The van der Waals surface area contributed by atoms with Gasteiger partial charge in [0.1, 0.15) is 0 Å². The summed E-state index contributed by atoms with van der Waals surface area (Å²) in [5.74, 6) is -5.28. The molecule has 2 aromatic heterocycles. The number of amides is 1. The fourth-order valence-corrected chi connectivity index (χ4v) is 4.31. The Morgan fingerprint density at radius 3 is 1.90 bits per heavy atom. The molecule has 0 bridgehead atoms. The van der Waals surface area contributed by atoms with Crippen LogP contribution in [0.15, 0.2) is 48.9 Å². The van der Waals surface area contributed by atoms with Crippen LogP contribution in [0.5, 0.6) is 0 Å². The number of likely N-dealkylation sites (tertiary alicyclic amines) is 2. The number of aliphatic carboxylic acids is 2. The molecule has 0 aromatic carbocycles. The molecule has 0 radical (unpaired) electrons. The van der Waals surface area contributed by atoms with Gasteiger partial charge in [0.15, 0.2) is 0 Å². The van der Waals surface area contributed by atoms with E-state index in [-0.39, 0.29) is 5.91 Å². The molecule has 4 heterocycles. The van der Waals surface area contributed by atoms with Crippen LogP contribution >= 0.6 is 0 Å². The highest BCUT2D eigenvalue weighted by Crippen LogP contribution is 2.40. The second-order valence-electron chi connectivity index (χ2n) is 9.31. The molecule has 0 saturated carbocycles. The molecule has 9 nitrogen and oxygen atoms in total. The zero-order valence-electron chi connectivity index (χ0n) is 21.2. The van der Waals surface area contributed by atoms with Gasteiger partial charge >= 0.3 is 24.3 Å². The number of carbonyl (C=O) groups excluding carboxylic acids is 1. The first-order chi connectivity index (χ1) is 18.6. The van der Waals surface area contributed by atoms with Crippen LogP contribution in [0.2, 0.25) is 0 Å². The minimum absolute atomic E-state index is 0.233. The van der Waals surface area contributed by atoms with E-state index in [9.17, 15) is 31.1 Å². The molecule has 1 spiro atoms. The van der Waals surface area contributed by atoms with Gasteiger partial charge in [-0.05, 0) is 55.0 Å². The van der Waals surface area contributed by atoms with Crippen LogP contribution in [0.25, 0.3) is 0 Å². The van der Waals surface area contributed by atoms with Crippen molar-refractivity contribution in [1.29, 1.82) is 0 Å². The first kappa shape index (κ1) is 32.5. The molecule has 220 valence electrons. The van der Waals surface area contributed by atoms with Crippen molar-refractivity contribution in [3.05, 3.63) is 60.2 Å². The van der Waals surface area contributed by atoms with Gasteiger partial charge in [-0.3, -0.25) is 19.7 Å². The van der Waals surface area contributed by atoms with Crippen molar-refractivity contribution in [3.63, 3.8) is 0 Å². The smallest absolute Gasteiger partial charge is 0.475 e. The van der Waals surface area contributed by atoms with Gasteiger partial charge < -0.3 is 15.1 Å². The summed E-state index contributed by atoms with van der Waals surface area (Å²) in [5.41, 5.74) is 2.54. The van der Waals surface area contributed by atoms with Gasteiger partial charge in [-0.1, -0.05) is 12.1 Å². The maximum absolute atomic E-state index is 12.6. The second kappa shape index (κ2) is 14.1. The third kappa shape index (κ3) is 10.8. The minimum atomic E-state index is -5.08. The number of piperidine rings is 1. The number of hydrogen-bond donors (Lipinski definition) is 2. The lowest BCUT2D eigenvalue weighted by molar-refractivity contribution is -0.193. The highest BCUT2D eigenvalue weighted by Gasteiger charge is 2.41. The van der Waals surface area contributed by atoms with Crippen LogP contribution in [0, 0.1) is 5.41 Å². The average Bonchev–Trinajstić information content (AvgIpc) is 3.26. The standard InChI is InChI=1S/C21H26N4O.2C2HF3O2/c26-20(14-18-4-3-9-22-15-18)25-12-7-21(8-13-25)6-11-24(17-21)16-19-5-1-2-10-23-19;2*3-2(4,5)1(6)7/h1-5,9-10,15H,6-8,11-14,16-17H2;2*(H,6,7). The van der Waals surface area contributed by atoms with E-state index >= 15 is 0 Å². The summed E-state index contributed by atoms with van der Waals surface area (Å²) in [6.07, 6.45) is -0.828. The molecule has 2 aliphatic rings. The van der Waals surface area contributed by atoms with Crippen molar-refractivity contribution < 1.29 is 50.9 Å². The molecule has 4 rings (SSSR count). The molecule has 0 aliphatic carbocycles. The largest absolute Gasteiger partial charge is 0.490 e. The molecular weight excluding hydrogens is 550 g/mol. The summed E-state index contributed by atoms with van der Waals surface area (Å²) in [6.45, 7) is 4.98. The lowest BCUT2D eigenvalue weighted by Crippen LogP contribution is -2.44. The van der Waals surface area contributed by atoms with Crippen LogP contribution < -0.4 is 0 Å². The van der Waals surface area contributed by atoms with Gasteiger partial charge in [-0.25, -0.2) is 9.59 Å². The molecule has 2 N–H and O–H groups in total. The number of halogens is 6. The molecule has 40 heavy (non-hydrogen) atoms. The third-order valence-corrected chi connectivity index (χ3v) is 6.37. The number of nitrogens with zero attached hydrogens (tertiary/aromatic N) is 4. The number of carboxylic acid groups (broad SMARTS) is 2. The van der Waals surface area contributed by atoms with Crippen LogP contribution in [-0.4, -0.2) is 86.4 Å². The SMILES string of the molecule is O=C(Cc1cccnc1)N1CCC2(CCN(Cc3ccccn3)C2)CC1.O=C(O)C(F)(F)F.O=C(O)C(F)(F)F. The molecule has 1 amide bonds. The monoisotopic (exact) mass is 578 g/mol. The van der Waals surface area contributed by atoms with Gasteiger partial charge in [-0.2, -0.15) is 26.3 Å². The zero-order valence-corrected chi connectivity index (χ0v) is 21.2. The van der Waals surface area contributed by atoms with E-state index in [1.165, 1.54) is 6.42 Å². The van der Waals surface area contributed by atoms with E-state index in [4.69, 9.17) is 19.8 Å². The maximum Gasteiger partial charge on any atom is 0.490 e. The van der Waals surface area contributed by atoms with Crippen LogP contribution in [0.4, 0.5) is 26.3 Å². The Kier molecular flexibility index (Phi) is 11.4. The van der Waals surface area contributed by atoms with Crippen molar-refractivity contribution in [2.45, 2.75) is 44.6 Å². The van der Waals surface area contributed by atoms with Gasteiger partial charge in [0.05, 0.1) is 12.1 Å². The van der Waals surface area contributed by atoms with E-state index in [2.05, 4.69) is 27.0 Å². The topological polar surface area (TPSA) is 124 Å². The Balaban J connectivity index is 0.000000333. The lowest BCUT2D eigenvalue weighted by Gasteiger charge is -2.39. The average molecular weight is 579 g/mol. The first-order valence-electron chi connectivity index (χ1n) is 12.0. The van der Waals surface area contributed by atoms with E-state index in [1.807, 2.05) is 29.3 Å². The van der Waals surface area contributed by atoms with Crippen LogP contribution in [0.3, 0.4) is 0 Å². The molecular formula is C25H28F6N4O5. The highest BCUT2D eigenvalue weighted by molar-refractivity contribution is 5.78. The van der Waals surface area contributed by atoms with Crippen LogP contribution in [0.1, 0.15) is 30.5 Å². The van der Waals surface area contributed by atoms with E-state index in [1.54, 1.807) is 12.4 Å². The van der Waals surface area contributed by atoms with E-state index in [0.717, 1.165) is 56.8 Å². The summed E-state index contributed by atoms with van der Waals surface area (Å²) < 4.78 is 63.5. The predicted octanol–water partition coefficient (Wildman–Crippen LogP) is 3.80. The lowest BCUT2D eigenvalue weighted by atomic mass is 9.77. The summed E-state index contributed by atoms with van der Waals surface area (Å²) in [7, 11) is 0. The highest BCUT2D eigenvalue weighted by atomic mass is 19.4. The summed E-state index contributed by atoms with van der Waals surface area (Å²) in [6, 6.07) is 9.99. The molecule has 2 aromatic rings. The number of pyridine rings is 2. The fraction of sp³-hybridized carbons (Fsp3) is 0.480. The van der Waals surface area contributed by atoms with E-state index in [0.29, 0.717) is 11.8 Å². The number of carbonyl (C=O) groups is 3. The molecule has 15 heteroatoms. The number of carboxylic acids is 2. The summed E-state index contributed by atoms with van der Waals surface area (Å²) in [4.78, 5) is 43.5. The summed E-state index contributed by atoms with van der Waals surface area (Å²) in [5, 5.41) is 14.2. The van der Waals surface area contributed by atoms with Crippen molar-refractivity contribution in [1.82, 2.24) is 19.8 Å². The number of hydrogen-bond acceptors (Lipinski definition) is 6. The quantitative estimate of drug-likeness (QED) is 0.526. The van der Waals surface area contributed by atoms with E-state index < -0.39 is 24.3 Å². The Morgan fingerprint density at radius 2 is 1.43 bits per heavy atom. The number of aromatic nitrogens is 2. The number of rotatable bonds is 4. The Morgan fingerprint density at radius 1 is 0.850 bits per heavy atom. The fourth-order valence-electron chi connectivity index (χ4n) is 4.31. The normalized spacial score (nSPS) is 16.8. The van der Waals surface area contributed by atoms with Crippen molar-refractivity contribution >= 4 is 17.8 Å². The molecule has 2 saturated heterocycles. The molecule has 0 atom stereocenters. The Bertz CT molecular complexity index is 1080. The predicted molar refractivity (Wildman–Crippen MR) is 128 cm³/mol. The first-order valence-corrected chi connectivity index (χ1v) is 12.0. The Labute approximate surface area is 225 Å². The minimum Gasteiger partial charge on any atom is -0.475 e. The van der Waals surface area contributed by atoms with Gasteiger partial charge in [-0.15, -0.1) is 0 Å². The number of alkyl halides is 6. The zero-order chi connectivity index (χ0) is 30.0. The van der Waals surface area contributed by atoms with Gasteiger partial charge in [0, 0.05) is 44.8 Å². The molecule has 0 unspecified atom stereocenters. The van der Waals surface area contributed by atoms with Crippen LogP contribution in [-0.2, 0) is 27.3 Å². The van der Waals surface area contributed by atoms with Gasteiger partial charge in [0.2, 0.25) is 5.91 Å². The molecule has 2 fully saturated rings. The third-order valence-electron chi connectivity index (χ3n) is 6.37. The Hall–Kier alpha value is -3.75. The molecule has 2 aliphatic heterocycles. The van der Waals surface area contributed by atoms with Gasteiger partial charge in [0.25, 0.3) is 0 Å². The second-order valence-corrected chi connectivity index (χ2v) is 9.31. The van der Waals surface area contributed by atoms with Crippen molar-refractivity contribution in [2.75, 3.05) is 26.2 Å². The maximum atomic E-state index is 12.6. The summed E-state index contributed by atoms with van der Waals surface area (Å²) >= 11 is 0.